The Morgan fingerprint density at radius 1 is 0.800 bits per heavy atom. The molecule has 0 bridgehead atoms. The van der Waals surface area contributed by atoms with E-state index in [9.17, 15) is 9.59 Å². The predicted molar refractivity (Wildman–Crippen MR) is 144 cm³/mol. The molecular weight excluding hydrogens is 434 g/mol. The second-order valence-corrected chi connectivity index (χ2v) is 9.30. The molecule has 2 rings (SSSR count). The number of para-hydroxylation sites is 1. The minimum Gasteiger partial charge on any atom is -0.426 e. The zero-order valence-electron chi connectivity index (χ0n) is 21.8. The Morgan fingerprint density at radius 3 is 2.11 bits per heavy atom. The largest absolute Gasteiger partial charge is 0.426 e. The number of pyridine rings is 1. The molecule has 0 aliphatic carbocycles. The minimum absolute atomic E-state index is 0.229. The number of esters is 1. The van der Waals surface area contributed by atoms with E-state index in [1.54, 1.807) is 36.5 Å². The second kappa shape index (κ2) is 17.7. The lowest BCUT2D eigenvalue weighted by Crippen LogP contribution is -2.13. The molecule has 1 aromatic heterocycles. The lowest BCUT2D eigenvalue weighted by molar-refractivity contribution is -0.134. The van der Waals surface area contributed by atoms with Gasteiger partial charge in [0.25, 0.3) is 0 Å². The highest BCUT2D eigenvalue weighted by molar-refractivity contribution is 6.10. The van der Waals surface area contributed by atoms with Crippen LogP contribution in [0.4, 0.5) is 0 Å². The molecule has 0 N–H and O–H groups in total. The van der Waals surface area contributed by atoms with Gasteiger partial charge in [0.15, 0.2) is 0 Å². The molecule has 190 valence electrons. The molecule has 0 spiro atoms. The molecule has 4 nitrogen and oxygen atoms in total. The Labute approximate surface area is 212 Å². The molecule has 35 heavy (non-hydrogen) atoms. The van der Waals surface area contributed by atoms with Gasteiger partial charge in [-0.05, 0) is 62.8 Å². The predicted octanol–water partition coefficient (Wildman–Crippen LogP) is 8.56. The minimum atomic E-state index is -0.291. The second-order valence-electron chi connectivity index (χ2n) is 9.30. The van der Waals surface area contributed by atoms with Gasteiger partial charge in [0.05, 0.1) is 5.56 Å². The van der Waals surface area contributed by atoms with Gasteiger partial charge in [0, 0.05) is 12.6 Å². The van der Waals surface area contributed by atoms with Crippen LogP contribution in [0.25, 0.3) is 0 Å². The summed E-state index contributed by atoms with van der Waals surface area (Å²) in [5.74, 6) is -0.214. The summed E-state index contributed by atoms with van der Waals surface area (Å²) in [5, 5.41) is 0. The van der Waals surface area contributed by atoms with Crippen LogP contribution in [0.3, 0.4) is 0 Å². The Hall–Kier alpha value is -2.75. The highest BCUT2D eigenvalue weighted by Gasteiger charge is 2.19. The molecular formula is C31H43NO3. The van der Waals surface area contributed by atoms with E-state index < -0.39 is 0 Å². The number of hydrogen-bond acceptors (Lipinski definition) is 4. The van der Waals surface area contributed by atoms with Crippen LogP contribution in [0.2, 0.25) is 0 Å². The third kappa shape index (κ3) is 11.5. The number of rotatable bonds is 18. The van der Waals surface area contributed by atoms with Gasteiger partial charge in [-0.2, -0.15) is 0 Å². The average molecular weight is 478 g/mol. The van der Waals surface area contributed by atoms with Crippen LogP contribution in [-0.4, -0.2) is 16.7 Å². The summed E-state index contributed by atoms with van der Waals surface area (Å²) in [4.78, 5) is 29.5. The van der Waals surface area contributed by atoms with Gasteiger partial charge >= 0.3 is 5.97 Å². The Balaban J connectivity index is 1.59. The SMILES string of the molecule is CCCCCCCC/C=C\CCCCCCCC(=O)Oc1ccccc1C(=O)c1ncccc1C. The lowest BCUT2D eigenvalue weighted by Gasteiger charge is -2.10. The molecule has 0 radical (unpaired) electrons. The average Bonchev–Trinajstić information content (AvgIpc) is 2.86. The van der Waals surface area contributed by atoms with Crippen molar-refractivity contribution >= 4 is 11.8 Å². The number of aromatic nitrogens is 1. The fraction of sp³-hybridized carbons (Fsp3) is 0.516. The van der Waals surface area contributed by atoms with E-state index in [-0.39, 0.29) is 11.8 Å². The first-order chi connectivity index (χ1) is 17.1. The number of carbonyl (C=O) groups excluding carboxylic acids is 2. The number of nitrogens with zero attached hydrogens (tertiary/aromatic N) is 1. The molecule has 0 aliphatic rings. The summed E-state index contributed by atoms with van der Waals surface area (Å²) < 4.78 is 5.55. The normalized spacial score (nSPS) is 11.1. The van der Waals surface area contributed by atoms with Crippen molar-refractivity contribution in [3.63, 3.8) is 0 Å². The molecule has 0 aliphatic heterocycles. The van der Waals surface area contributed by atoms with Gasteiger partial charge < -0.3 is 4.74 Å². The standard InChI is InChI=1S/C31H43NO3/c1-3-4-5-6-7-8-9-10-11-12-13-14-15-16-17-24-29(33)35-28-23-19-18-22-27(28)31(34)30-26(2)21-20-25-32-30/h10-11,18-23,25H,3-9,12-17,24H2,1-2H3/b11-10-. The van der Waals surface area contributed by atoms with Crippen LogP contribution in [0.1, 0.15) is 118 Å². The van der Waals surface area contributed by atoms with E-state index in [4.69, 9.17) is 4.74 Å². The summed E-state index contributed by atoms with van der Waals surface area (Å²) in [5.41, 5.74) is 1.55. The topological polar surface area (TPSA) is 56.3 Å². The van der Waals surface area contributed by atoms with E-state index in [0.717, 1.165) is 31.2 Å². The summed E-state index contributed by atoms with van der Waals surface area (Å²) in [7, 11) is 0. The van der Waals surface area contributed by atoms with E-state index in [0.29, 0.717) is 23.4 Å². The first-order valence-electron chi connectivity index (χ1n) is 13.5. The summed E-state index contributed by atoms with van der Waals surface area (Å²) in [6, 6.07) is 10.5. The molecule has 4 heteroatoms. The zero-order valence-corrected chi connectivity index (χ0v) is 21.8. The molecule has 0 fully saturated rings. The fourth-order valence-electron chi connectivity index (χ4n) is 4.11. The lowest BCUT2D eigenvalue weighted by atomic mass is 10.0. The van der Waals surface area contributed by atoms with Crippen molar-refractivity contribution in [1.29, 1.82) is 0 Å². The third-order valence-electron chi connectivity index (χ3n) is 6.22. The van der Waals surface area contributed by atoms with Gasteiger partial charge in [-0.1, -0.05) is 88.6 Å². The van der Waals surface area contributed by atoms with Gasteiger partial charge in [-0.15, -0.1) is 0 Å². The molecule has 1 heterocycles. The molecule has 2 aromatic rings. The maximum Gasteiger partial charge on any atom is 0.311 e. The highest BCUT2D eigenvalue weighted by atomic mass is 16.5. The first-order valence-corrected chi connectivity index (χ1v) is 13.5. The van der Waals surface area contributed by atoms with Gasteiger partial charge in [-0.3, -0.25) is 14.6 Å². The first kappa shape index (κ1) is 28.5. The van der Waals surface area contributed by atoms with Crippen molar-refractivity contribution in [2.45, 2.75) is 104 Å². The maximum absolute atomic E-state index is 12.9. The van der Waals surface area contributed by atoms with Crippen LogP contribution in [0.5, 0.6) is 5.75 Å². The van der Waals surface area contributed by atoms with Crippen molar-refractivity contribution in [3.8, 4) is 5.75 Å². The van der Waals surface area contributed by atoms with Crippen molar-refractivity contribution in [3.05, 3.63) is 71.6 Å². The van der Waals surface area contributed by atoms with Crippen molar-refractivity contribution in [1.82, 2.24) is 4.98 Å². The summed E-state index contributed by atoms with van der Waals surface area (Å²) >= 11 is 0. The number of aryl methyl sites for hydroxylation is 1. The smallest absolute Gasteiger partial charge is 0.311 e. The van der Waals surface area contributed by atoms with Gasteiger partial charge in [-0.25, -0.2) is 0 Å². The summed E-state index contributed by atoms with van der Waals surface area (Å²) in [6.07, 6.45) is 22.5. The van der Waals surface area contributed by atoms with E-state index in [1.165, 1.54) is 57.8 Å². The Morgan fingerprint density at radius 2 is 1.43 bits per heavy atom. The maximum atomic E-state index is 12.9. The molecule has 0 amide bonds. The van der Waals surface area contributed by atoms with Gasteiger partial charge in [0.1, 0.15) is 11.4 Å². The van der Waals surface area contributed by atoms with E-state index in [2.05, 4.69) is 24.1 Å². The molecule has 0 atom stereocenters. The van der Waals surface area contributed by atoms with E-state index >= 15 is 0 Å². The van der Waals surface area contributed by atoms with E-state index in [1.807, 2.05) is 13.0 Å². The van der Waals surface area contributed by atoms with Crippen LogP contribution in [0, 0.1) is 6.92 Å². The summed E-state index contributed by atoms with van der Waals surface area (Å²) in [6.45, 7) is 4.11. The van der Waals surface area contributed by atoms with Crippen LogP contribution < -0.4 is 4.74 Å². The quantitative estimate of drug-likeness (QED) is 0.0709. The number of unbranched alkanes of at least 4 members (excludes halogenated alkanes) is 11. The monoisotopic (exact) mass is 477 g/mol. The number of hydrogen-bond donors (Lipinski definition) is 0. The Bertz CT molecular complexity index is 919. The number of ether oxygens (including phenoxy) is 1. The number of benzene rings is 1. The molecule has 0 saturated heterocycles. The molecule has 1 aromatic carbocycles. The zero-order chi connectivity index (χ0) is 25.1. The van der Waals surface area contributed by atoms with Crippen molar-refractivity contribution in [2.75, 3.05) is 0 Å². The third-order valence-corrected chi connectivity index (χ3v) is 6.22. The fourth-order valence-corrected chi connectivity index (χ4v) is 4.11. The van der Waals surface area contributed by atoms with Crippen LogP contribution in [-0.2, 0) is 4.79 Å². The van der Waals surface area contributed by atoms with Crippen LogP contribution in [0.15, 0.2) is 54.7 Å². The van der Waals surface area contributed by atoms with Crippen LogP contribution >= 0.6 is 0 Å². The number of carbonyl (C=O) groups is 2. The van der Waals surface area contributed by atoms with Crippen molar-refractivity contribution in [2.24, 2.45) is 0 Å². The number of allylic oxidation sites excluding steroid dienone is 2. The molecule has 0 saturated carbocycles. The Kier molecular flexibility index (Phi) is 14.4. The highest BCUT2D eigenvalue weighted by Crippen LogP contribution is 2.23. The number of ketones is 1. The van der Waals surface area contributed by atoms with Crippen molar-refractivity contribution < 1.29 is 14.3 Å². The van der Waals surface area contributed by atoms with Gasteiger partial charge in [0.2, 0.25) is 5.78 Å². The molecule has 0 unspecified atom stereocenters.